The summed E-state index contributed by atoms with van der Waals surface area (Å²) in [7, 11) is 0. The number of rotatable bonds is 2. The third kappa shape index (κ3) is 1.74. The SMILES string of the molecule is c1ccc(Cn2cnc3sc4ccccc4c32)cc1. The topological polar surface area (TPSA) is 17.8 Å². The van der Waals surface area contributed by atoms with Crippen molar-refractivity contribution < 1.29 is 0 Å². The second-order valence-corrected chi connectivity index (χ2v) is 5.64. The summed E-state index contributed by atoms with van der Waals surface area (Å²) in [5.74, 6) is 0. The molecule has 0 N–H and O–H groups in total. The fraction of sp³-hybridized carbons (Fsp3) is 0.0625. The minimum absolute atomic E-state index is 0.873. The number of aromatic nitrogens is 2. The molecule has 0 aliphatic rings. The molecule has 0 bridgehead atoms. The first-order valence-corrected chi connectivity index (χ1v) is 7.10. The van der Waals surface area contributed by atoms with Crippen LogP contribution in [0.3, 0.4) is 0 Å². The van der Waals surface area contributed by atoms with E-state index in [2.05, 4.69) is 58.1 Å². The van der Waals surface area contributed by atoms with Gasteiger partial charge in [0.1, 0.15) is 4.83 Å². The van der Waals surface area contributed by atoms with Crippen molar-refractivity contribution in [1.29, 1.82) is 0 Å². The summed E-state index contributed by atoms with van der Waals surface area (Å²) in [6.07, 6.45) is 1.95. The molecule has 0 aliphatic heterocycles. The molecule has 0 amide bonds. The molecule has 4 aromatic rings. The van der Waals surface area contributed by atoms with E-state index in [0.29, 0.717) is 0 Å². The fourth-order valence-corrected chi connectivity index (χ4v) is 3.52. The summed E-state index contributed by atoms with van der Waals surface area (Å²) in [5, 5.41) is 1.30. The van der Waals surface area contributed by atoms with E-state index in [1.54, 1.807) is 11.3 Å². The summed E-state index contributed by atoms with van der Waals surface area (Å²) in [6, 6.07) is 19.0. The summed E-state index contributed by atoms with van der Waals surface area (Å²) < 4.78 is 3.55. The third-order valence-corrected chi connectivity index (χ3v) is 4.42. The zero-order chi connectivity index (χ0) is 12.7. The maximum absolute atomic E-state index is 4.53. The number of nitrogens with zero attached hydrogens (tertiary/aromatic N) is 2. The highest BCUT2D eigenvalue weighted by atomic mass is 32.1. The van der Waals surface area contributed by atoms with Crippen LogP contribution in [0, 0.1) is 0 Å². The molecule has 3 heteroatoms. The average molecular weight is 264 g/mol. The van der Waals surface area contributed by atoms with Crippen molar-refractivity contribution in [2.45, 2.75) is 6.54 Å². The average Bonchev–Trinajstić information content (AvgIpc) is 3.00. The summed E-state index contributed by atoms with van der Waals surface area (Å²) in [4.78, 5) is 5.66. The van der Waals surface area contributed by atoms with Crippen LogP contribution in [-0.4, -0.2) is 9.55 Å². The van der Waals surface area contributed by atoms with E-state index >= 15 is 0 Å². The van der Waals surface area contributed by atoms with Crippen LogP contribution in [0.2, 0.25) is 0 Å². The highest BCUT2D eigenvalue weighted by Crippen LogP contribution is 2.32. The van der Waals surface area contributed by atoms with Gasteiger partial charge in [-0.15, -0.1) is 11.3 Å². The second-order valence-electron chi connectivity index (χ2n) is 4.61. The van der Waals surface area contributed by atoms with Crippen LogP contribution in [0.25, 0.3) is 20.4 Å². The zero-order valence-electron chi connectivity index (χ0n) is 10.3. The van der Waals surface area contributed by atoms with Crippen molar-refractivity contribution in [2.24, 2.45) is 0 Å². The molecule has 4 rings (SSSR count). The molecule has 2 heterocycles. The summed E-state index contributed by atoms with van der Waals surface area (Å²) in [5.41, 5.74) is 2.56. The Hall–Kier alpha value is -2.13. The Morgan fingerprint density at radius 2 is 1.74 bits per heavy atom. The minimum atomic E-state index is 0.873. The van der Waals surface area contributed by atoms with Crippen molar-refractivity contribution in [3.05, 3.63) is 66.5 Å². The lowest BCUT2D eigenvalue weighted by Gasteiger charge is -2.03. The van der Waals surface area contributed by atoms with Gasteiger partial charge in [0.2, 0.25) is 0 Å². The van der Waals surface area contributed by atoms with E-state index in [1.165, 1.54) is 21.2 Å². The van der Waals surface area contributed by atoms with Crippen LogP contribution in [0.15, 0.2) is 60.9 Å². The van der Waals surface area contributed by atoms with Gasteiger partial charge in [-0.2, -0.15) is 0 Å². The Labute approximate surface area is 114 Å². The van der Waals surface area contributed by atoms with Crippen LogP contribution in [0.5, 0.6) is 0 Å². The molecular formula is C16H12N2S. The molecule has 0 aliphatic carbocycles. The van der Waals surface area contributed by atoms with Crippen molar-refractivity contribution in [1.82, 2.24) is 9.55 Å². The largest absolute Gasteiger partial charge is 0.325 e. The van der Waals surface area contributed by atoms with E-state index in [0.717, 1.165) is 11.4 Å². The highest BCUT2D eigenvalue weighted by Gasteiger charge is 2.10. The van der Waals surface area contributed by atoms with Gasteiger partial charge < -0.3 is 4.57 Å². The minimum Gasteiger partial charge on any atom is -0.325 e. The molecule has 2 aromatic heterocycles. The van der Waals surface area contributed by atoms with E-state index < -0.39 is 0 Å². The Balaban J connectivity index is 1.90. The van der Waals surface area contributed by atoms with Crippen LogP contribution in [-0.2, 0) is 6.54 Å². The number of benzene rings is 2. The molecule has 2 nitrogen and oxygen atoms in total. The van der Waals surface area contributed by atoms with Gasteiger partial charge >= 0.3 is 0 Å². The van der Waals surface area contributed by atoms with Crippen LogP contribution in [0.1, 0.15) is 5.56 Å². The monoisotopic (exact) mass is 264 g/mol. The summed E-state index contributed by atoms with van der Waals surface area (Å²) >= 11 is 1.76. The quantitative estimate of drug-likeness (QED) is 0.528. The fourth-order valence-electron chi connectivity index (χ4n) is 2.46. The molecule has 0 atom stereocenters. The predicted octanol–water partition coefficient (Wildman–Crippen LogP) is 4.30. The van der Waals surface area contributed by atoms with Crippen molar-refractivity contribution in [2.75, 3.05) is 0 Å². The highest BCUT2D eigenvalue weighted by molar-refractivity contribution is 7.25. The number of hydrogen-bond acceptors (Lipinski definition) is 2. The van der Waals surface area contributed by atoms with Gasteiger partial charge in [-0.1, -0.05) is 48.5 Å². The van der Waals surface area contributed by atoms with Crippen LogP contribution >= 0.6 is 11.3 Å². The molecule has 92 valence electrons. The first kappa shape index (κ1) is 10.8. The maximum atomic E-state index is 4.53. The second kappa shape index (κ2) is 4.21. The van der Waals surface area contributed by atoms with Crippen molar-refractivity contribution in [3.8, 4) is 0 Å². The van der Waals surface area contributed by atoms with Gasteiger partial charge in [0.05, 0.1) is 11.8 Å². The number of imidazole rings is 1. The van der Waals surface area contributed by atoms with Gasteiger partial charge in [0, 0.05) is 16.6 Å². The van der Waals surface area contributed by atoms with Gasteiger partial charge in [-0.25, -0.2) is 4.98 Å². The van der Waals surface area contributed by atoms with Gasteiger partial charge in [0.25, 0.3) is 0 Å². The Morgan fingerprint density at radius 1 is 0.947 bits per heavy atom. The van der Waals surface area contributed by atoms with E-state index in [-0.39, 0.29) is 0 Å². The lowest BCUT2D eigenvalue weighted by molar-refractivity contribution is 0.827. The Morgan fingerprint density at radius 3 is 2.63 bits per heavy atom. The molecule has 0 spiro atoms. The molecule has 0 radical (unpaired) electrons. The van der Waals surface area contributed by atoms with Crippen LogP contribution < -0.4 is 0 Å². The van der Waals surface area contributed by atoms with Crippen molar-refractivity contribution in [3.63, 3.8) is 0 Å². The van der Waals surface area contributed by atoms with E-state index in [4.69, 9.17) is 0 Å². The first-order chi connectivity index (χ1) is 9.42. The Bertz CT molecular complexity index is 843. The van der Waals surface area contributed by atoms with Gasteiger partial charge in [-0.3, -0.25) is 0 Å². The molecule has 0 unspecified atom stereocenters. The molecular weight excluding hydrogens is 252 g/mol. The number of fused-ring (bicyclic) bond motifs is 3. The van der Waals surface area contributed by atoms with E-state index in [1.807, 2.05) is 12.4 Å². The first-order valence-electron chi connectivity index (χ1n) is 6.28. The number of hydrogen-bond donors (Lipinski definition) is 0. The number of thiophene rings is 1. The summed E-state index contributed by atoms with van der Waals surface area (Å²) in [6.45, 7) is 0.873. The van der Waals surface area contributed by atoms with Crippen LogP contribution in [0.4, 0.5) is 0 Å². The third-order valence-electron chi connectivity index (χ3n) is 3.35. The molecule has 0 saturated carbocycles. The van der Waals surface area contributed by atoms with E-state index in [9.17, 15) is 0 Å². The normalized spacial score (nSPS) is 11.4. The standard InChI is InChI=1S/C16H12N2S/c1-2-6-12(7-3-1)10-18-11-17-16-15(18)13-8-4-5-9-14(13)19-16/h1-9,11H,10H2. The maximum Gasteiger partial charge on any atom is 0.142 e. The molecule has 0 fully saturated rings. The lowest BCUT2D eigenvalue weighted by Crippen LogP contribution is -1.97. The zero-order valence-corrected chi connectivity index (χ0v) is 11.1. The van der Waals surface area contributed by atoms with Crippen molar-refractivity contribution >= 4 is 31.8 Å². The molecule has 2 aromatic carbocycles. The Kier molecular flexibility index (Phi) is 2.38. The smallest absolute Gasteiger partial charge is 0.142 e. The predicted molar refractivity (Wildman–Crippen MR) is 80.7 cm³/mol. The van der Waals surface area contributed by atoms with Gasteiger partial charge in [-0.05, 0) is 11.6 Å². The molecule has 0 saturated heterocycles. The lowest BCUT2D eigenvalue weighted by atomic mass is 10.2. The molecule has 19 heavy (non-hydrogen) atoms. The van der Waals surface area contributed by atoms with Gasteiger partial charge in [0.15, 0.2) is 0 Å².